The highest BCUT2D eigenvalue weighted by molar-refractivity contribution is 5.76. The van der Waals surface area contributed by atoms with Crippen LogP contribution in [0.2, 0.25) is 0 Å². The number of rotatable bonds is 11. The van der Waals surface area contributed by atoms with E-state index in [1.54, 1.807) is 20.8 Å². The molecule has 2 bridgehead atoms. The standard InChI is InChI=1S/C22H33N5O8/c28-10-5-23-19(29)4-2-16-1-3-17-11-26(14-21(32)33)8-6-25(13-20(30)31)7-9-27(15-22(34)35)12-18(16)24-17/h1,3,28H,2,4-15H2,(H,23,29)(H,30,31)(H,32,33)(H,34,35). The highest BCUT2D eigenvalue weighted by Gasteiger charge is 2.21. The number of pyridine rings is 1. The number of aryl methyl sites for hydroxylation is 1. The summed E-state index contributed by atoms with van der Waals surface area (Å²) in [4.78, 5) is 55.8. The predicted octanol–water partition coefficient (Wildman–Crippen LogP) is -1.70. The van der Waals surface area contributed by atoms with Crippen LogP contribution in [0.3, 0.4) is 0 Å². The van der Waals surface area contributed by atoms with Gasteiger partial charge in [-0.1, -0.05) is 6.07 Å². The molecule has 1 aliphatic heterocycles. The SMILES string of the molecule is O=C(O)CN1CCN(CC(=O)O)Cc2ccc(CCC(=O)NCCO)c(n2)CN(CC(=O)O)CC1. The van der Waals surface area contributed by atoms with Crippen LogP contribution in [-0.4, -0.2) is 123 Å². The predicted molar refractivity (Wildman–Crippen MR) is 123 cm³/mol. The summed E-state index contributed by atoms with van der Waals surface area (Å²) in [6.45, 7) is 0.759. The van der Waals surface area contributed by atoms with Gasteiger partial charge in [0.25, 0.3) is 0 Å². The van der Waals surface area contributed by atoms with Crippen LogP contribution in [0.15, 0.2) is 12.1 Å². The van der Waals surface area contributed by atoms with Crippen LogP contribution in [0.4, 0.5) is 0 Å². The van der Waals surface area contributed by atoms with E-state index in [2.05, 4.69) is 10.3 Å². The Kier molecular flexibility index (Phi) is 11.5. The monoisotopic (exact) mass is 495 g/mol. The lowest BCUT2D eigenvalue weighted by molar-refractivity contribution is -0.140. The largest absolute Gasteiger partial charge is 0.480 e. The van der Waals surface area contributed by atoms with E-state index in [4.69, 9.17) is 5.11 Å². The van der Waals surface area contributed by atoms with E-state index in [0.717, 1.165) is 5.56 Å². The third-order valence-electron chi connectivity index (χ3n) is 5.48. The van der Waals surface area contributed by atoms with Gasteiger partial charge in [0.1, 0.15) is 0 Å². The molecule has 1 aromatic rings. The van der Waals surface area contributed by atoms with Crippen molar-refractivity contribution in [3.8, 4) is 0 Å². The Labute approximate surface area is 203 Å². The van der Waals surface area contributed by atoms with Gasteiger partial charge in [-0.15, -0.1) is 0 Å². The first-order chi connectivity index (χ1) is 16.7. The minimum atomic E-state index is -1.03. The third kappa shape index (κ3) is 10.8. The summed E-state index contributed by atoms with van der Waals surface area (Å²) in [6, 6.07) is 3.57. The van der Waals surface area contributed by atoms with E-state index < -0.39 is 17.9 Å². The minimum Gasteiger partial charge on any atom is -0.480 e. The van der Waals surface area contributed by atoms with E-state index in [1.165, 1.54) is 0 Å². The van der Waals surface area contributed by atoms with Crippen molar-refractivity contribution in [2.24, 2.45) is 0 Å². The van der Waals surface area contributed by atoms with Crippen LogP contribution >= 0.6 is 0 Å². The molecule has 2 rings (SSSR count). The van der Waals surface area contributed by atoms with Crippen molar-refractivity contribution < 1.29 is 39.6 Å². The van der Waals surface area contributed by atoms with Crippen molar-refractivity contribution in [2.75, 3.05) is 59.0 Å². The summed E-state index contributed by atoms with van der Waals surface area (Å²) in [5.41, 5.74) is 1.93. The Bertz CT molecular complexity index is 897. The molecular formula is C22H33N5O8. The maximum atomic E-state index is 12.0. The fourth-order valence-corrected chi connectivity index (χ4v) is 3.84. The fourth-order valence-electron chi connectivity index (χ4n) is 3.84. The number of aromatic nitrogens is 1. The molecule has 13 nitrogen and oxygen atoms in total. The Hall–Kier alpha value is -3.13. The maximum Gasteiger partial charge on any atom is 0.317 e. The van der Waals surface area contributed by atoms with Gasteiger partial charge in [-0.05, 0) is 18.1 Å². The number of aliphatic hydroxyl groups is 1. The van der Waals surface area contributed by atoms with Crippen LogP contribution in [0.1, 0.15) is 23.4 Å². The molecule has 0 aromatic carbocycles. The van der Waals surface area contributed by atoms with Crippen molar-refractivity contribution >= 4 is 23.8 Å². The second-order valence-corrected chi connectivity index (χ2v) is 8.36. The molecule has 0 radical (unpaired) electrons. The zero-order valence-electron chi connectivity index (χ0n) is 19.6. The van der Waals surface area contributed by atoms with Crippen molar-refractivity contribution in [2.45, 2.75) is 25.9 Å². The van der Waals surface area contributed by atoms with Crippen LogP contribution in [0.25, 0.3) is 0 Å². The first-order valence-electron chi connectivity index (χ1n) is 11.3. The number of fused-ring (bicyclic) bond motifs is 2. The van der Waals surface area contributed by atoms with Crippen LogP contribution in [-0.2, 0) is 38.7 Å². The van der Waals surface area contributed by atoms with Gasteiger partial charge in [0.15, 0.2) is 0 Å². The molecule has 0 saturated carbocycles. The Balaban J connectivity index is 2.33. The molecule has 13 heteroatoms. The summed E-state index contributed by atoms with van der Waals surface area (Å²) < 4.78 is 0. The van der Waals surface area contributed by atoms with Gasteiger partial charge in [0.05, 0.1) is 37.6 Å². The molecular weight excluding hydrogens is 462 g/mol. The highest BCUT2D eigenvalue weighted by Crippen LogP contribution is 2.16. The first kappa shape index (κ1) is 28.1. The van der Waals surface area contributed by atoms with Crippen molar-refractivity contribution in [3.63, 3.8) is 0 Å². The van der Waals surface area contributed by atoms with Gasteiger partial charge in [-0.3, -0.25) is 38.9 Å². The molecule has 0 atom stereocenters. The molecule has 0 saturated heterocycles. The summed E-state index contributed by atoms with van der Waals surface area (Å²) >= 11 is 0. The van der Waals surface area contributed by atoms with Gasteiger partial charge in [-0.2, -0.15) is 0 Å². The Morgan fingerprint density at radius 1 is 0.829 bits per heavy atom. The molecule has 194 valence electrons. The quantitative estimate of drug-likeness (QED) is 0.235. The lowest BCUT2D eigenvalue weighted by Crippen LogP contribution is -2.44. The Morgan fingerprint density at radius 2 is 1.37 bits per heavy atom. The zero-order chi connectivity index (χ0) is 25.8. The van der Waals surface area contributed by atoms with Gasteiger partial charge in [0, 0.05) is 52.2 Å². The molecule has 5 N–H and O–H groups in total. The van der Waals surface area contributed by atoms with Crippen molar-refractivity contribution in [3.05, 3.63) is 29.1 Å². The van der Waals surface area contributed by atoms with Gasteiger partial charge < -0.3 is 25.7 Å². The lowest BCUT2D eigenvalue weighted by Gasteiger charge is -2.30. The zero-order valence-corrected chi connectivity index (χ0v) is 19.6. The van der Waals surface area contributed by atoms with E-state index in [1.807, 2.05) is 6.07 Å². The van der Waals surface area contributed by atoms with Crippen LogP contribution in [0, 0.1) is 0 Å². The summed E-state index contributed by atoms with van der Waals surface area (Å²) in [5.74, 6) is -3.31. The smallest absolute Gasteiger partial charge is 0.317 e. The van der Waals surface area contributed by atoms with E-state index in [0.29, 0.717) is 30.9 Å². The number of hydrogen-bond acceptors (Lipinski definition) is 9. The molecule has 1 amide bonds. The normalized spacial score (nSPS) is 16.1. The number of carbonyl (C=O) groups excluding carboxylic acids is 1. The fraction of sp³-hybridized carbons (Fsp3) is 0.591. The number of carboxylic acid groups (broad SMARTS) is 3. The third-order valence-corrected chi connectivity index (χ3v) is 5.48. The number of aliphatic hydroxyl groups excluding tert-OH is 1. The summed E-state index contributed by atoms with van der Waals surface area (Å²) in [6.07, 6.45) is 0.509. The van der Waals surface area contributed by atoms with Crippen LogP contribution in [0.5, 0.6) is 0 Å². The molecule has 0 unspecified atom stereocenters. The van der Waals surface area contributed by atoms with Crippen molar-refractivity contribution in [1.82, 2.24) is 25.0 Å². The maximum absolute atomic E-state index is 12.0. The number of nitrogens with zero attached hydrogens (tertiary/aromatic N) is 4. The average Bonchev–Trinajstić information content (AvgIpc) is 2.76. The van der Waals surface area contributed by atoms with Crippen LogP contribution < -0.4 is 5.32 Å². The topological polar surface area (TPSA) is 184 Å². The van der Waals surface area contributed by atoms with Gasteiger partial charge >= 0.3 is 17.9 Å². The summed E-state index contributed by atoms with van der Waals surface area (Å²) in [5, 5.41) is 39.4. The number of carboxylic acids is 3. The molecule has 2 heterocycles. The molecule has 0 spiro atoms. The summed E-state index contributed by atoms with van der Waals surface area (Å²) in [7, 11) is 0. The first-order valence-corrected chi connectivity index (χ1v) is 11.3. The van der Waals surface area contributed by atoms with Crippen molar-refractivity contribution in [1.29, 1.82) is 0 Å². The second kappa shape index (κ2) is 14.3. The number of hydrogen-bond donors (Lipinski definition) is 5. The van der Waals surface area contributed by atoms with E-state index in [9.17, 15) is 34.5 Å². The number of nitrogens with one attached hydrogen (secondary N) is 1. The average molecular weight is 496 g/mol. The number of carbonyl (C=O) groups is 4. The number of aliphatic carboxylic acids is 3. The molecule has 0 fully saturated rings. The molecule has 35 heavy (non-hydrogen) atoms. The second-order valence-electron chi connectivity index (χ2n) is 8.36. The van der Waals surface area contributed by atoms with E-state index >= 15 is 0 Å². The highest BCUT2D eigenvalue weighted by atomic mass is 16.4. The molecule has 1 aromatic heterocycles. The Morgan fingerprint density at radius 3 is 1.94 bits per heavy atom. The van der Waals surface area contributed by atoms with Gasteiger partial charge in [0.2, 0.25) is 5.91 Å². The van der Waals surface area contributed by atoms with Gasteiger partial charge in [-0.25, -0.2) is 0 Å². The lowest BCUT2D eigenvalue weighted by atomic mass is 10.1. The molecule has 0 aliphatic carbocycles. The number of amides is 1. The van der Waals surface area contributed by atoms with E-state index in [-0.39, 0.29) is 71.3 Å². The molecule has 1 aliphatic rings. The minimum absolute atomic E-state index is 0.154.